The van der Waals surface area contributed by atoms with Crippen LogP contribution in [0.2, 0.25) is 0 Å². The smallest absolute Gasteiger partial charge is 0.217 e. The molecule has 0 radical (unpaired) electrons. The summed E-state index contributed by atoms with van der Waals surface area (Å²) in [7, 11) is -0.638. The summed E-state index contributed by atoms with van der Waals surface area (Å²) in [4.78, 5) is 4.98. The number of nitrogens with zero attached hydrogens (tertiary/aromatic N) is 1. The molecule has 1 atom stereocenters. The van der Waals surface area contributed by atoms with Gasteiger partial charge >= 0.3 is 0 Å². The van der Waals surface area contributed by atoms with E-state index in [1.165, 1.54) is 31.9 Å². The zero-order valence-electron chi connectivity index (χ0n) is 16.4. The van der Waals surface area contributed by atoms with Crippen LogP contribution in [0.3, 0.4) is 0 Å². The molecular formula is C27H20NOP. The summed E-state index contributed by atoms with van der Waals surface area (Å²) in [5.74, 6) is 0.767. The van der Waals surface area contributed by atoms with E-state index in [-0.39, 0.29) is 6.04 Å². The number of hydrogen-bond donors (Lipinski definition) is 0. The highest BCUT2D eigenvalue weighted by Crippen LogP contribution is 2.56. The molecule has 30 heavy (non-hydrogen) atoms. The maximum atomic E-state index is 6.14. The summed E-state index contributed by atoms with van der Waals surface area (Å²) in [5.41, 5.74) is 2.32. The average Bonchev–Trinajstić information content (AvgIpc) is 3.43. The Morgan fingerprint density at radius 1 is 0.667 bits per heavy atom. The topological polar surface area (TPSA) is 21.6 Å². The van der Waals surface area contributed by atoms with Gasteiger partial charge in [-0.1, -0.05) is 98.5 Å². The molecule has 0 spiro atoms. The first-order valence-electron chi connectivity index (χ1n) is 10.2. The predicted molar refractivity (Wildman–Crippen MR) is 127 cm³/mol. The highest BCUT2D eigenvalue weighted by molar-refractivity contribution is 7.68. The highest BCUT2D eigenvalue weighted by Gasteiger charge is 2.25. The van der Waals surface area contributed by atoms with Gasteiger partial charge in [-0.2, -0.15) is 0 Å². The van der Waals surface area contributed by atoms with Crippen LogP contribution in [-0.2, 0) is 4.74 Å². The number of rotatable bonds is 3. The van der Waals surface area contributed by atoms with E-state index in [2.05, 4.69) is 97.1 Å². The molecule has 4 aromatic carbocycles. The van der Waals surface area contributed by atoms with Gasteiger partial charge in [0.15, 0.2) is 0 Å². The lowest BCUT2D eigenvalue weighted by atomic mass is 10.1. The molecule has 2 nitrogen and oxygen atoms in total. The van der Waals surface area contributed by atoms with Gasteiger partial charge in [0, 0.05) is 21.1 Å². The van der Waals surface area contributed by atoms with E-state index >= 15 is 0 Å². The molecule has 1 aromatic heterocycles. The van der Waals surface area contributed by atoms with Gasteiger partial charge in [-0.15, -0.1) is 0 Å². The predicted octanol–water partition coefficient (Wildman–Crippen LogP) is 7.49. The first-order valence-corrected chi connectivity index (χ1v) is 11.6. The van der Waals surface area contributed by atoms with Gasteiger partial charge in [0.25, 0.3) is 0 Å². The summed E-state index contributed by atoms with van der Waals surface area (Å²) in [5, 5.41) is 6.85. The summed E-state index contributed by atoms with van der Waals surface area (Å²) >= 11 is 0. The van der Waals surface area contributed by atoms with Gasteiger partial charge in [0.2, 0.25) is 5.90 Å². The van der Waals surface area contributed by atoms with Gasteiger partial charge in [0.1, 0.15) is 12.6 Å². The van der Waals surface area contributed by atoms with Crippen molar-refractivity contribution in [1.29, 1.82) is 0 Å². The Morgan fingerprint density at radius 2 is 1.27 bits per heavy atom. The fraction of sp³-hybridized carbons (Fsp3) is 0.0741. The van der Waals surface area contributed by atoms with Crippen LogP contribution in [0.4, 0.5) is 0 Å². The molecule has 1 aliphatic heterocycles. The Morgan fingerprint density at radius 3 is 2.00 bits per heavy atom. The summed E-state index contributed by atoms with van der Waals surface area (Å²) in [6.45, 7) is 0.596. The van der Waals surface area contributed by atoms with E-state index in [1.54, 1.807) is 0 Å². The second kappa shape index (κ2) is 7.16. The van der Waals surface area contributed by atoms with Crippen LogP contribution < -0.4 is 0 Å². The third-order valence-corrected chi connectivity index (χ3v) is 8.41. The van der Waals surface area contributed by atoms with Crippen LogP contribution in [0.15, 0.2) is 108 Å². The third-order valence-electron chi connectivity index (χ3n) is 5.79. The van der Waals surface area contributed by atoms with Crippen LogP contribution in [-0.4, -0.2) is 12.5 Å². The maximum Gasteiger partial charge on any atom is 0.217 e. The normalized spacial score (nSPS) is 16.0. The lowest BCUT2D eigenvalue weighted by Crippen LogP contribution is -2.02. The molecule has 3 heteroatoms. The van der Waals surface area contributed by atoms with Crippen LogP contribution in [0.1, 0.15) is 17.2 Å². The zero-order chi connectivity index (χ0) is 19.9. The maximum absolute atomic E-state index is 6.14. The number of aliphatic imine (C=N–C) groups is 1. The van der Waals surface area contributed by atoms with E-state index in [1.807, 2.05) is 6.07 Å². The van der Waals surface area contributed by atoms with Crippen molar-refractivity contribution in [3.8, 4) is 5.30 Å². The van der Waals surface area contributed by atoms with E-state index in [9.17, 15) is 0 Å². The Bertz CT molecular complexity index is 1350. The zero-order valence-corrected chi connectivity index (χ0v) is 17.3. The van der Waals surface area contributed by atoms with Crippen LogP contribution in [0.25, 0.3) is 26.3 Å². The Balaban J connectivity index is 1.56. The number of hydrogen-bond acceptors (Lipinski definition) is 2. The second-order valence-corrected chi connectivity index (χ2v) is 9.67. The second-order valence-electron chi connectivity index (χ2n) is 7.56. The van der Waals surface area contributed by atoms with Crippen molar-refractivity contribution in [2.45, 2.75) is 6.04 Å². The lowest BCUT2D eigenvalue weighted by molar-refractivity contribution is 0.320. The highest BCUT2D eigenvalue weighted by atomic mass is 31.1. The molecule has 0 N–H and O–H groups in total. The molecule has 144 valence electrons. The molecule has 0 saturated carbocycles. The largest absolute Gasteiger partial charge is 0.475 e. The average molecular weight is 405 g/mol. The van der Waals surface area contributed by atoms with E-state index < -0.39 is 7.53 Å². The fourth-order valence-corrected chi connectivity index (χ4v) is 7.17. The van der Waals surface area contributed by atoms with Crippen LogP contribution in [0, 0.1) is 0 Å². The molecule has 6 rings (SSSR count). The molecule has 0 bridgehead atoms. The third kappa shape index (κ3) is 2.76. The van der Waals surface area contributed by atoms with E-state index in [4.69, 9.17) is 9.73 Å². The molecule has 0 saturated heterocycles. The summed E-state index contributed by atoms with van der Waals surface area (Å²) < 4.78 is 6.14. The molecule has 5 aromatic rings. The van der Waals surface area contributed by atoms with Gasteiger partial charge in [-0.05, 0) is 28.5 Å². The molecule has 0 amide bonds. The minimum absolute atomic E-state index is 0.0604. The quantitative estimate of drug-likeness (QED) is 0.305. The fourth-order valence-electron chi connectivity index (χ4n) is 4.40. The van der Waals surface area contributed by atoms with Gasteiger partial charge < -0.3 is 4.74 Å². The molecule has 0 fully saturated rings. The summed E-state index contributed by atoms with van der Waals surface area (Å²) in [6.07, 6.45) is 0. The standard InChI is InChI=1S/C27H20NOP/c1-2-10-19(11-3-1)23-18-29-27(28-23)22-14-6-9-17-26(22)30-24-15-7-4-12-20(24)21-13-5-8-16-25(21)30/h1-17,23H,18H2/t23-/m0/s1. The minimum atomic E-state index is -0.638. The lowest BCUT2D eigenvalue weighted by Gasteiger charge is -2.10. The van der Waals surface area contributed by atoms with Crippen LogP contribution >= 0.6 is 7.53 Å². The molecule has 2 heterocycles. The molecule has 0 unspecified atom stereocenters. The monoisotopic (exact) mass is 405 g/mol. The molecule has 1 aliphatic rings. The first kappa shape index (κ1) is 17.5. The Kier molecular flexibility index (Phi) is 4.18. The van der Waals surface area contributed by atoms with Gasteiger partial charge in [-0.25, -0.2) is 4.99 Å². The minimum Gasteiger partial charge on any atom is -0.475 e. The van der Waals surface area contributed by atoms with Crippen molar-refractivity contribution in [2.75, 3.05) is 6.61 Å². The van der Waals surface area contributed by atoms with Crippen molar-refractivity contribution in [3.63, 3.8) is 0 Å². The Hall–Kier alpha value is -3.35. The SMILES string of the molecule is c1ccc([C@@H]2COC(c3ccccc3-p3c4ccccc4c4ccccc43)=N2)cc1. The molecular weight excluding hydrogens is 385 g/mol. The first-order chi connectivity index (χ1) is 14.9. The number of fused-ring (bicyclic) bond motifs is 3. The van der Waals surface area contributed by atoms with Gasteiger partial charge in [0.05, 0.1) is 0 Å². The van der Waals surface area contributed by atoms with Crippen molar-refractivity contribution in [3.05, 3.63) is 114 Å². The van der Waals surface area contributed by atoms with Gasteiger partial charge in [-0.3, -0.25) is 0 Å². The Labute approximate surface area is 176 Å². The van der Waals surface area contributed by atoms with Crippen molar-refractivity contribution >= 4 is 34.4 Å². The number of benzene rings is 4. The molecule has 0 aliphatic carbocycles. The van der Waals surface area contributed by atoms with Crippen molar-refractivity contribution in [1.82, 2.24) is 0 Å². The van der Waals surface area contributed by atoms with Crippen molar-refractivity contribution in [2.24, 2.45) is 4.99 Å². The number of ether oxygens (including phenoxy) is 1. The summed E-state index contributed by atoms with van der Waals surface area (Å²) in [6, 6.07) is 36.7. The van der Waals surface area contributed by atoms with Crippen LogP contribution in [0.5, 0.6) is 0 Å². The van der Waals surface area contributed by atoms with E-state index in [0.29, 0.717) is 6.61 Å². The van der Waals surface area contributed by atoms with Crippen molar-refractivity contribution < 1.29 is 4.74 Å². The van der Waals surface area contributed by atoms with E-state index in [0.717, 1.165) is 11.5 Å².